The quantitative estimate of drug-likeness (QED) is 0.695. The maximum absolute atomic E-state index is 13.1. The number of esters is 1. The number of carbonyl (C=O) groups is 1. The number of benzene rings is 2. The van der Waals surface area contributed by atoms with Crippen LogP contribution in [0.25, 0.3) is 0 Å². The van der Waals surface area contributed by atoms with Gasteiger partial charge in [-0.2, -0.15) is 0 Å². The summed E-state index contributed by atoms with van der Waals surface area (Å²) in [5.41, 5.74) is 5.35. The topological polar surface area (TPSA) is 86.5 Å². The summed E-state index contributed by atoms with van der Waals surface area (Å²) >= 11 is 9.19. The van der Waals surface area contributed by atoms with E-state index in [1.807, 2.05) is 0 Å². The first kappa shape index (κ1) is 19.4. The van der Waals surface area contributed by atoms with Gasteiger partial charge in [0.15, 0.2) is 9.84 Å². The molecule has 0 saturated heterocycles. The van der Waals surface area contributed by atoms with Gasteiger partial charge in [-0.15, -0.1) is 0 Å². The maximum atomic E-state index is 13.1. The molecule has 0 spiro atoms. The molecule has 1 fully saturated rings. The molecule has 2 N–H and O–H groups in total. The van der Waals surface area contributed by atoms with Crippen molar-refractivity contribution in [1.29, 1.82) is 0 Å². The number of hydrogen-bond donors (Lipinski definition) is 1. The summed E-state index contributed by atoms with van der Waals surface area (Å²) in [7, 11) is -3.86. The summed E-state index contributed by atoms with van der Waals surface area (Å²) in [6.45, 7) is 1.78. The van der Waals surface area contributed by atoms with E-state index in [9.17, 15) is 13.2 Å². The molecule has 0 heterocycles. The third kappa shape index (κ3) is 3.17. The predicted molar refractivity (Wildman–Crippen MR) is 103 cm³/mol. The van der Waals surface area contributed by atoms with Crippen LogP contribution >= 0.6 is 27.5 Å². The van der Waals surface area contributed by atoms with Crippen LogP contribution in [0.4, 0.5) is 0 Å². The predicted octanol–water partition coefficient (Wildman–Crippen LogP) is 3.30. The van der Waals surface area contributed by atoms with Gasteiger partial charge in [0.05, 0.1) is 11.5 Å². The third-order valence-electron chi connectivity index (χ3n) is 4.51. The Hall–Kier alpha value is -1.41. The van der Waals surface area contributed by atoms with E-state index in [2.05, 4.69) is 15.9 Å². The van der Waals surface area contributed by atoms with Gasteiger partial charge in [0, 0.05) is 15.4 Å². The minimum Gasteiger partial charge on any atom is -0.465 e. The third-order valence-corrected chi connectivity index (χ3v) is 7.55. The molecule has 5 nitrogen and oxygen atoms in total. The fourth-order valence-electron chi connectivity index (χ4n) is 3.20. The number of hydrogen-bond acceptors (Lipinski definition) is 5. The van der Waals surface area contributed by atoms with Gasteiger partial charge in [0.1, 0.15) is 10.8 Å². The fourth-order valence-corrected chi connectivity index (χ4v) is 5.82. The standard InChI is InChI=1S/C18H17BrClNO4S/c1-2-25-17(22)18(21)15(11-3-5-12(19)6-4-11)16(18)26(23,24)14-9-7-13(20)8-10-14/h3-10,15-16H,2,21H2,1H3/t15-,16+,18-/m1/s1. The molecule has 1 saturated carbocycles. The van der Waals surface area contributed by atoms with E-state index in [1.165, 1.54) is 24.3 Å². The van der Waals surface area contributed by atoms with E-state index in [4.69, 9.17) is 22.1 Å². The first-order valence-corrected chi connectivity index (χ1v) is 10.7. The zero-order valence-corrected chi connectivity index (χ0v) is 17.0. The largest absolute Gasteiger partial charge is 0.465 e. The zero-order chi connectivity index (χ0) is 19.1. The molecule has 26 heavy (non-hydrogen) atoms. The molecule has 0 unspecified atom stereocenters. The number of ether oxygens (including phenoxy) is 1. The SMILES string of the molecule is CCOC(=O)[C@@]1(N)[C@H](c2ccc(Br)cc2)[C@@H]1S(=O)(=O)c1ccc(Cl)cc1. The summed E-state index contributed by atoms with van der Waals surface area (Å²) in [5.74, 6) is -1.40. The molecular weight excluding hydrogens is 442 g/mol. The van der Waals surface area contributed by atoms with Gasteiger partial charge in [0.2, 0.25) is 0 Å². The van der Waals surface area contributed by atoms with Crippen molar-refractivity contribution in [2.75, 3.05) is 6.61 Å². The van der Waals surface area contributed by atoms with E-state index in [1.54, 1.807) is 31.2 Å². The molecule has 2 aromatic carbocycles. The average molecular weight is 459 g/mol. The minimum atomic E-state index is -3.86. The molecule has 0 radical (unpaired) electrons. The molecule has 0 aromatic heterocycles. The van der Waals surface area contributed by atoms with Crippen molar-refractivity contribution < 1.29 is 17.9 Å². The van der Waals surface area contributed by atoms with Crippen molar-refractivity contribution in [2.45, 2.75) is 28.5 Å². The van der Waals surface area contributed by atoms with Crippen molar-refractivity contribution in [3.63, 3.8) is 0 Å². The molecule has 3 rings (SSSR count). The van der Waals surface area contributed by atoms with Crippen LogP contribution in [0.5, 0.6) is 0 Å². The maximum Gasteiger partial charge on any atom is 0.328 e. The molecule has 0 bridgehead atoms. The molecule has 0 aliphatic heterocycles. The summed E-state index contributed by atoms with van der Waals surface area (Å²) in [6, 6.07) is 12.9. The lowest BCUT2D eigenvalue weighted by Gasteiger charge is -2.11. The van der Waals surface area contributed by atoms with Crippen LogP contribution in [0.15, 0.2) is 57.9 Å². The first-order valence-electron chi connectivity index (χ1n) is 7.94. The van der Waals surface area contributed by atoms with Gasteiger partial charge in [0.25, 0.3) is 0 Å². The summed E-state index contributed by atoms with van der Waals surface area (Å²) in [4.78, 5) is 12.6. The summed E-state index contributed by atoms with van der Waals surface area (Å²) < 4.78 is 32.2. The lowest BCUT2D eigenvalue weighted by molar-refractivity contribution is -0.145. The number of halogens is 2. The molecule has 2 aromatic rings. The highest BCUT2D eigenvalue weighted by Gasteiger charge is 2.74. The molecular formula is C18H17BrClNO4S. The van der Waals surface area contributed by atoms with Crippen molar-refractivity contribution in [1.82, 2.24) is 0 Å². The number of rotatable bonds is 5. The number of carbonyl (C=O) groups excluding carboxylic acids is 1. The van der Waals surface area contributed by atoms with Crippen molar-refractivity contribution in [3.8, 4) is 0 Å². The van der Waals surface area contributed by atoms with Gasteiger partial charge in [-0.3, -0.25) is 0 Å². The van der Waals surface area contributed by atoms with Crippen LogP contribution in [-0.4, -0.2) is 31.8 Å². The summed E-state index contributed by atoms with van der Waals surface area (Å²) in [6.07, 6.45) is 0. The van der Waals surface area contributed by atoms with Crippen LogP contribution in [0.1, 0.15) is 18.4 Å². The van der Waals surface area contributed by atoms with Crippen LogP contribution in [-0.2, 0) is 19.4 Å². The van der Waals surface area contributed by atoms with E-state index in [0.29, 0.717) is 10.6 Å². The highest BCUT2D eigenvalue weighted by atomic mass is 79.9. The molecule has 0 amide bonds. The monoisotopic (exact) mass is 457 g/mol. The van der Waals surface area contributed by atoms with Gasteiger partial charge >= 0.3 is 5.97 Å². The van der Waals surface area contributed by atoms with Crippen LogP contribution in [0, 0.1) is 0 Å². The van der Waals surface area contributed by atoms with Crippen molar-refractivity contribution >= 4 is 43.3 Å². The van der Waals surface area contributed by atoms with E-state index in [-0.39, 0.29) is 11.5 Å². The Morgan fingerprint density at radius 2 is 1.77 bits per heavy atom. The average Bonchev–Trinajstić information content (AvgIpc) is 3.25. The highest BCUT2D eigenvalue weighted by Crippen LogP contribution is 2.56. The Balaban J connectivity index is 2.06. The molecule has 138 valence electrons. The molecule has 3 atom stereocenters. The van der Waals surface area contributed by atoms with E-state index < -0.39 is 32.5 Å². The number of nitrogens with two attached hydrogens (primary N) is 1. The van der Waals surface area contributed by atoms with E-state index >= 15 is 0 Å². The lowest BCUT2D eigenvalue weighted by Crippen LogP contribution is -2.41. The molecule has 1 aliphatic carbocycles. The lowest BCUT2D eigenvalue weighted by atomic mass is 10.1. The smallest absolute Gasteiger partial charge is 0.328 e. The Labute approximate surface area is 165 Å². The van der Waals surface area contributed by atoms with Crippen LogP contribution in [0.3, 0.4) is 0 Å². The minimum absolute atomic E-state index is 0.0747. The fraction of sp³-hybridized carbons (Fsp3) is 0.278. The second kappa shape index (κ2) is 6.96. The highest BCUT2D eigenvalue weighted by molar-refractivity contribution is 9.10. The molecule has 1 aliphatic rings. The Morgan fingerprint density at radius 1 is 1.19 bits per heavy atom. The van der Waals surface area contributed by atoms with Crippen molar-refractivity contribution in [3.05, 3.63) is 63.6 Å². The number of sulfone groups is 1. The van der Waals surface area contributed by atoms with E-state index in [0.717, 1.165) is 4.47 Å². The van der Waals surface area contributed by atoms with Crippen LogP contribution < -0.4 is 5.73 Å². The normalized spacial score (nSPS) is 24.9. The summed E-state index contributed by atoms with van der Waals surface area (Å²) in [5, 5.41) is -0.676. The van der Waals surface area contributed by atoms with Crippen LogP contribution in [0.2, 0.25) is 5.02 Å². The molecule has 8 heteroatoms. The second-order valence-electron chi connectivity index (χ2n) is 6.10. The van der Waals surface area contributed by atoms with Crippen molar-refractivity contribution in [2.24, 2.45) is 5.73 Å². The van der Waals surface area contributed by atoms with Gasteiger partial charge < -0.3 is 10.5 Å². The van der Waals surface area contributed by atoms with Gasteiger partial charge in [-0.25, -0.2) is 13.2 Å². The first-order chi connectivity index (χ1) is 12.2. The zero-order valence-electron chi connectivity index (χ0n) is 13.9. The Kier molecular flexibility index (Phi) is 5.18. The Bertz CT molecular complexity index is 931. The Morgan fingerprint density at radius 3 is 2.31 bits per heavy atom. The van der Waals surface area contributed by atoms with Gasteiger partial charge in [-0.05, 0) is 48.9 Å². The second-order valence-corrected chi connectivity index (χ2v) is 9.52. The van der Waals surface area contributed by atoms with Gasteiger partial charge in [-0.1, -0.05) is 39.7 Å².